The van der Waals surface area contributed by atoms with E-state index in [9.17, 15) is 27.9 Å². The van der Waals surface area contributed by atoms with Crippen molar-refractivity contribution in [3.8, 4) is 0 Å². The summed E-state index contributed by atoms with van der Waals surface area (Å²) >= 11 is 6.42. The number of rotatable bonds is 4. The van der Waals surface area contributed by atoms with Gasteiger partial charge in [0, 0.05) is 21.7 Å². The van der Waals surface area contributed by atoms with Crippen molar-refractivity contribution in [2.75, 3.05) is 10.6 Å². The molecule has 0 saturated heterocycles. The van der Waals surface area contributed by atoms with Gasteiger partial charge in [-0.05, 0) is 36.4 Å². The second-order valence-corrected chi connectivity index (χ2v) is 7.57. The molecule has 4 rings (SSSR count). The monoisotopic (exact) mass is 461 g/mol. The molecule has 0 fully saturated rings. The number of hydrogen-bond acceptors (Lipinski definition) is 4. The molecule has 1 atom stereocenters. The Morgan fingerprint density at radius 1 is 0.906 bits per heavy atom. The summed E-state index contributed by atoms with van der Waals surface area (Å²) in [4.78, 5) is 22.9. The average Bonchev–Trinajstić information content (AvgIpc) is 3.12. The van der Waals surface area contributed by atoms with Crippen LogP contribution in [0.1, 0.15) is 37.4 Å². The van der Waals surface area contributed by atoms with Crippen LogP contribution in [0.15, 0.2) is 60.7 Å². The molecule has 1 amide bonds. The molecule has 3 aromatic carbocycles. The number of aromatic carboxylic acids is 1. The Morgan fingerprint density at radius 3 is 2.19 bits per heavy atom. The van der Waals surface area contributed by atoms with E-state index in [1.165, 1.54) is 54.6 Å². The maximum Gasteiger partial charge on any atom is 0.416 e. The third-order valence-electron chi connectivity index (χ3n) is 5.20. The van der Waals surface area contributed by atoms with Gasteiger partial charge in [-0.15, -0.1) is 0 Å². The average molecular weight is 462 g/mol. The Kier molecular flexibility index (Phi) is 5.01. The van der Waals surface area contributed by atoms with Gasteiger partial charge in [0.25, 0.3) is 0 Å². The Morgan fingerprint density at radius 2 is 1.56 bits per heavy atom. The quantitative estimate of drug-likeness (QED) is 0.442. The molecule has 0 spiro atoms. The number of carboxylic acids is 1. The van der Waals surface area contributed by atoms with Gasteiger partial charge in [-0.2, -0.15) is 13.2 Å². The first-order chi connectivity index (χ1) is 15.0. The van der Waals surface area contributed by atoms with Crippen molar-refractivity contribution in [3.63, 3.8) is 0 Å². The van der Waals surface area contributed by atoms with E-state index in [1.54, 1.807) is 0 Å². The highest BCUT2D eigenvalue weighted by atomic mass is 35.5. The second kappa shape index (κ2) is 7.45. The lowest BCUT2D eigenvalue weighted by Gasteiger charge is -2.35. The van der Waals surface area contributed by atoms with Gasteiger partial charge >= 0.3 is 12.1 Å². The van der Waals surface area contributed by atoms with Gasteiger partial charge in [-0.25, -0.2) is 4.79 Å². The van der Waals surface area contributed by atoms with E-state index in [0.29, 0.717) is 5.69 Å². The van der Waals surface area contributed by atoms with Gasteiger partial charge in [0.1, 0.15) is 0 Å². The van der Waals surface area contributed by atoms with Crippen LogP contribution in [-0.4, -0.2) is 17.0 Å². The molecule has 164 valence electrons. The highest BCUT2D eigenvalue weighted by molar-refractivity contribution is 6.32. The van der Waals surface area contributed by atoms with Gasteiger partial charge in [0.05, 0.1) is 22.5 Å². The number of carbonyl (C=O) groups is 2. The molecular weight excluding hydrogens is 447 g/mol. The van der Waals surface area contributed by atoms with Crippen LogP contribution in [0.4, 0.5) is 24.5 Å². The van der Waals surface area contributed by atoms with E-state index in [-0.39, 0.29) is 33.0 Å². The number of halogens is 4. The minimum Gasteiger partial charge on any atom is -0.478 e. The van der Waals surface area contributed by atoms with E-state index in [2.05, 4.69) is 10.6 Å². The number of amides is 1. The van der Waals surface area contributed by atoms with Crippen LogP contribution in [-0.2, 0) is 11.8 Å². The first kappa shape index (κ1) is 21.5. The number of benzene rings is 3. The summed E-state index contributed by atoms with van der Waals surface area (Å²) in [6.07, 6.45) is -4.69. The molecule has 0 saturated carbocycles. The smallest absolute Gasteiger partial charge is 0.416 e. The van der Waals surface area contributed by atoms with E-state index >= 15 is 0 Å². The summed E-state index contributed by atoms with van der Waals surface area (Å²) in [5, 5.41) is 15.3. The molecule has 3 aromatic rings. The Bertz CT molecular complexity index is 1260. The summed E-state index contributed by atoms with van der Waals surface area (Å²) in [6.45, 7) is 0. The van der Waals surface area contributed by atoms with Crippen LogP contribution in [0.25, 0.3) is 0 Å². The van der Waals surface area contributed by atoms with Crippen LogP contribution in [0.2, 0.25) is 5.02 Å². The number of fused-ring (bicyclic) bond motifs is 1. The summed E-state index contributed by atoms with van der Waals surface area (Å²) < 4.78 is 41.8. The molecule has 0 aliphatic carbocycles. The summed E-state index contributed by atoms with van der Waals surface area (Å²) in [7, 11) is 0. The van der Waals surface area contributed by atoms with Crippen LogP contribution in [0.5, 0.6) is 0 Å². The predicted molar refractivity (Wildman–Crippen MR) is 113 cm³/mol. The van der Waals surface area contributed by atoms with Gasteiger partial charge in [0.15, 0.2) is 5.66 Å². The maximum atomic E-state index is 13.9. The van der Waals surface area contributed by atoms with E-state index in [4.69, 9.17) is 17.3 Å². The van der Waals surface area contributed by atoms with Crippen molar-refractivity contribution >= 4 is 34.9 Å². The summed E-state index contributed by atoms with van der Waals surface area (Å²) in [6, 6.07) is 13.1. The van der Waals surface area contributed by atoms with Gasteiger partial charge in [-0.3, -0.25) is 4.79 Å². The molecule has 5 N–H and O–H groups in total. The Labute approximate surface area is 184 Å². The van der Waals surface area contributed by atoms with Crippen LogP contribution in [0, 0.1) is 0 Å². The zero-order valence-corrected chi connectivity index (χ0v) is 16.9. The molecule has 10 heteroatoms. The molecular formula is C22H15ClF3N3O3. The topological polar surface area (TPSA) is 104 Å². The Balaban J connectivity index is 1.98. The zero-order chi connectivity index (χ0) is 23.3. The van der Waals surface area contributed by atoms with Crippen molar-refractivity contribution < 1.29 is 27.9 Å². The van der Waals surface area contributed by atoms with Crippen molar-refractivity contribution in [1.82, 2.24) is 0 Å². The lowest BCUT2D eigenvalue weighted by molar-refractivity contribution is -0.138. The fraction of sp³-hybridized carbons (Fsp3) is 0.0909. The molecule has 1 unspecified atom stereocenters. The van der Waals surface area contributed by atoms with Gasteiger partial charge < -0.3 is 21.5 Å². The molecule has 1 aliphatic rings. The van der Waals surface area contributed by atoms with E-state index in [1.807, 2.05) is 0 Å². The number of nitrogens with one attached hydrogen (secondary N) is 2. The molecule has 0 radical (unpaired) electrons. The number of carbonyl (C=O) groups excluding carboxylic acids is 1. The fourth-order valence-electron chi connectivity index (χ4n) is 3.77. The van der Waals surface area contributed by atoms with Gasteiger partial charge in [-0.1, -0.05) is 35.9 Å². The summed E-state index contributed by atoms with van der Waals surface area (Å²) in [5.41, 5.74) is 3.36. The third kappa shape index (κ3) is 3.50. The second-order valence-electron chi connectivity index (χ2n) is 7.17. The molecule has 1 aliphatic heterocycles. The molecule has 32 heavy (non-hydrogen) atoms. The molecule has 1 heterocycles. The molecule has 0 bridgehead atoms. The first-order valence-corrected chi connectivity index (χ1v) is 9.61. The predicted octanol–water partition coefficient (Wildman–Crippen LogP) is 4.89. The Hall–Kier alpha value is -3.72. The SMILES string of the molecule is NC(=O)c1ccc(C2(c3ccccc3C(F)(F)F)Nc3ccc(C(=O)O)cc3N2)c(Cl)c1. The third-order valence-corrected chi connectivity index (χ3v) is 5.52. The zero-order valence-electron chi connectivity index (χ0n) is 16.1. The minimum atomic E-state index is -4.69. The highest BCUT2D eigenvalue weighted by Crippen LogP contribution is 2.49. The number of nitrogens with two attached hydrogens (primary N) is 1. The number of hydrogen-bond donors (Lipinski definition) is 4. The van der Waals surface area contributed by atoms with Crippen molar-refractivity contribution in [2.45, 2.75) is 11.8 Å². The highest BCUT2D eigenvalue weighted by Gasteiger charge is 2.47. The normalized spacial score (nSPS) is 17.2. The van der Waals surface area contributed by atoms with E-state index < -0.39 is 29.3 Å². The summed E-state index contributed by atoms with van der Waals surface area (Å²) in [5.74, 6) is -1.93. The number of alkyl halides is 3. The largest absolute Gasteiger partial charge is 0.478 e. The van der Waals surface area contributed by atoms with E-state index in [0.717, 1.165) is 6.07 Å². The maximum absolute atomic E-state index is 13.9. The lowest BCUT2D eigenvalue weighted by Crippen LogP contribution is -2.42. The molecule has 6 nitrogen and oxygen atoms in total. The van der Waals surface area contributed by atoms with Crippen LogP contribution in [0.3, 0.4) is 0 Å². The van der Waals surface area contributed by atoms with Crippen molar-refractivity contribution in [1.29, 1.82) is 0 Å². The van der Waals surface area contributed by atoms with Crippen LogP contribution >= 0.6 is 11.6 Å². The number of carboxylic acid groups (broad SMARTS) is 1. The van der Waals surface area contributed by atoms with Crippen LogP contribution < -0.4 is 16.4 Å². The minimum absolute atomic E-state index is 0.00968. The lowest BCUT2D eigenvalue weighted by atomic mass is 9.87. The number of anilines is 2. The van der Waals surface area contributed by atoms with Crippen molar-refractivity contribution in [2.24, 2.45) is 5.73 Å². The molecule has 0 aromatic heterocycles. The number of primary amides is 1. The first-order valence-electron chi connectivity index (χ1n) is 9.23. The fourth-order valence-corrected chi connectivity index (χ4v) is 4.09. The standard InChI is InChI=1S/C22H15ClF3N3O3/c23-16-9-11(19(27)30)5-7-15(16)21(13-3-1-2-4-14(13)22(24,25)26)28-17-8-6-12(20(31)32)10-18(17)29-21/h1-10,28-29H,(H2,27,30)(H,31,32). The van der Waals surface area contributed by atoms with Crippen molar-refractivity contribution in [3.05, 3.63) is 93.5 Å². The van der Waals surface area contributed by atoms with Gasteiger partial charge in [0.2, 0.25) is 5.91 Å².